The lowest BCUT2D eigenvalue weighted by molar-refractivity contribution is -0.137. The van der Waals surface area contributed by atoms with E-state index >= 15 is 0 Å². The molecule has 2 saturated heterocycles. The van der Waals surface area contributed by atoms with Crippen molar-refractivity contribution in [2.45, 2.75) is 42.4 Å². The number of hydrogen-bond acceptors (Lipinski definition) is 5. The van der Waals surface area contributed by atoms with Gasteiger partial charge in [-0.25, -0.2) is 0 Å². The van der Waals surface area contributed by atoms with Crippen LogP contribution in [0, 0.1) is 5.92 Å². The third kappa shape index (κ3) is 4.33. The lowest BCUT2D eigenvalue weighted by Crippen LogP contribution is -2.42. The van der Waals surface area contributed by atoms with Gasteiger partial charge in [-0.05, 0) is 18.9 Å². The summed E-state index contributed by atoms with van der Waals surface area (Å²) in [6.45, 7) is 2.02. The molecule has 3 aliphatic rings. The van der Waals surface area contributed by atoms with E-state index in [1.807, 2.05) is 24.1 Å². The van der Waals surface area contributed by atoms with Gasteiger partial charge < -0.3 is 24.3 Å². The van der Waals surface area contributed by atoms with Crippen molar-refractivity contribution in [2.75, 3.05) is 32.1 Å². The monoisotopic (exact) mass is 443 g/mol. The standard InChI is InChI=1S/C23H29N3O4S/c1-25-11-21(17-7-2-3-8-18(17)25)31-14-22(27)24-16-12-29-19-9-26(10-20(19)30-13-16)23(28)15-5-4-6-15/h2-3,7-8,11,15-16,19-20H,4-6,9-10,12-14H2,1H3,(H,24,27)/t19-,20-/m0/s1. The quantitative estimate of drug-likeness (QED) is 0.718. The topological polar surface area (TPSA) is 72.8 Å². The highest BCUT2D eigenvalue weighted by molar-refractivity contribution is 8.00. The van der Waals surface area contributed by atoms with Crippen LogP contribution in [0.5, 0.6) is 0 Å². The molecule has 0 radical (unpaired) electrons. The van der Waals surface area contributed by atoms with Gasteiger partial charge in [-0.15, -0.1) is 11.8 Å². The predicted octanol–water partition coefficient (Wildman–Crippen LogP) is 2.18. The lowest BCUT2D eigenvalue weighted by Gasteiger charge is -2.29. The first-order chi connectivity index (χ1) is 15.1. The molecule has 0 unspecified atom stereocenters. The number of nitrogens with one attached hydrogen (secondary N) is 1. The Hall–Kier alpha value is -2.03. The molecule has 7 nitrogen and oxygen atoms in total. The number of aromatic nitrogens is 1. The van der Waals surface area contributed by atoms with E-state index in [0.29, 0.717) is 32.1 Å². The van der Waals surface area contributed by atoms with Gasteiger partial charge in [0.15, 0.2) is 0 Å². The number of hydrogen-bond donors (Lipinski definition) is 1. The van der Waals surface area contributed by atoms with Gasteiger partial charge in [0.1, 0.15) is 12.2 Å². The van der Waals surface area contributed by atoms with Gasteiger partial charge in [0.05, 0.1) is 25.0 Å². The first-order valence-corrected chi connectivity index (χ1v) is 12.1. The van der Waals surface area contributed by atoms with E-state index in [0.717, 1.165) is 35.1 Å². The summed E-state index contributed by atoms with van der Waals surface area (Å²) in [6.07, 6.45) is 5.05. The van der Waals surface area contributed by atoms with E-state index in [-0.39, 0.29) is 36.0 Å². The molecule has 1 aromatic carbocycles. The van der Waals surface area contributed by atoms with Gasteiger partial charge in [-0.3, -0.25) is 9.59 Å². The third-order valence-electron chi connectivity index (χ3n) is 6.59. The number of carbonyl (C=O) groups excluding carboxylic acids is 2. The maximum absolute atomic E-state index is 12.5. The molecule has 1 saturated carbocycles. The molecule has 2 amide bonds. The van der Waals surface area contributed by atoms with Crippen LogP contribution in [0.4, 0.5) is 0 Å². The summed E-state index contributed by atoms with van der Waals surface area (Å²) in [4.78, 5) is 28.0. The van der Waals surface area contributed by atoms with Crippen LogP contribution < -0.4 is 5.32 Å². The van der Waals surface area contributed by atoms with E-state index in [9.17, 15) is 9.59 Å². The molecule has 1 aliphatic carbocycles. The van der Waals surface area contributed by atoms with Crippen LogP contribution in [0.1, 0.15) is 19.3 Å². The number of thioether (sulfide) groups is 1. The molecule has 1 N–H and O–H groups in total. The largest absolute Gasteiger partial charge is 0.371 e. The summed E-state index contributed by atoms with van der Waals surface area (Å²) in [5, 5.41) is 4.21. The fourth-order valence-corrected chi connectivity index (χ4v) is 5.53. The molecule has 2 aromatic rings. The van der Waals surface area contributed by atoms with Gasteiger partial charge in [0.2, 0.25) is 11.8 Å². The number of ether oxygens (including phenoxy) is 2. The number of nitrogens with zero attached hydrogens (tertiary/aromatic N) is 2. The van der Waals surface area contributed by atoms with E-state index < -0.39 is 0 Å². The Balaban J connectivity index is 1.10. The van der Waals surface area contributed by atoms with E-state index in [4.69, 9.17) is 9.47 Å². The molecule has 2 atom stereocenters. The maximum Gasteiger partial charge on any atom is 0.230 e. The molecule has 1 aromatic heterocycles. The Bertz CT molecular complexity index is 957. The highest BCUT2D eigenvalue weighted by atomic mass is 32.2. The summed E-state index contributed by atoms with van der Waals surface area (Å²) in [6, 6.07) is 8.04. The van der Waals surface area contributed by atoms with Gasteiger partial charge in [0, 0.05) is 48.1 Å². The third-order valence-corrected chi connectivity index (χ3v) is 7.63. The number of benzene rings is 1. The SMILES string of the molecule is Cn1cc(SCC(=O)NC2CO[C@H]3CN(C(=O)C4CCC4)C[C@@H]3OC2)c2ccccc21. The van der Waals surface area contributed by atoms with Gasteiger partial charge in [-0.1, -0.05) is 24.6 Å². The van der Waals surface area contributed by atoms with E-state index in [2.05, 4.69) is 28.2 Å². The van der Waals surface area contributed by atoms with Crippen LogP contribution >= 0.6 is 11.8 Å². The molecule has 5 rings (SSSR count). The van der Waals surface area contributed by atoms with Crippen molar-refractivity contribution >= 4 is 34.5 Å². The zero-order valence-corrected chi connectivity index (χ0v) is 18.6. The van der Waals surface area contributed by atoms with Gasteiger partial charge >= 0.3 is 0 Å². The lowest BCUT2D eigenvalue weighted by atomic mass is 9.84. The number of fused-ring (bicyclic) bond motifs is 2. The summed E-state index contributed by atoms with van der Waals surface area (Å²) >= 11 is 1.54. The first-order valence-electron chi connectivity index (χ1n) is 11.1. The molecule has 31 heavy (non-hydrogen) atoms. The molecule has 3 heterocycles. The predicted molar refractivity (Wildman–Crippen MR) is 119 cm³/mol. The van der Waals surface area contributed by atoms with Crippen LogP contribution in [0.2, 0.25) is 0 Å². The molecule has 166 valence electrons. The Kier molecular flexibility index (Phi) is 5.95. The zero-order valence-electron chi connectivity index (χ0n) is 17.8. The second-order valence-corrected chi connectivity index (χ2v) is 9.81. The Morgan fingerprint density at radius 3 is 2.52 bits per heavy atom. The summed E-state index contributed by atoms with van der Waals surface area (Å²) in [5.74, 6) is 0.778. The molecular formula is C23H29N3O4S. The molecule has 2 aliphatic heterocycles. The number of carbonyl (C=O) groups is 2. The summed E-state index contributed by atoms with van der Waals surface area (Å²) in [5.41, 5.74) is 1.16. The Morgan fingerprint density at radius 2 is 1.84 bits per heavy atom. The summed E-state index contributed by atoms with van der Waals surface area (Å²) in [7, 11) is 2.02. The average molecular weight is 444 g/mol. The molecular weight excluding hydrogens is 414 g/mol. The van der Waals surface area contributed by atoms with E-state index in [1.54, 1.807) is 11.8 Å². The number of aryl methyl sites for hydroxylation is 1. The number of rotatable bonds is 5. The van der Waals surface area contributed by atoms with Crippen molar-refractivity contribution < 1.29 is 19.1 Å². The fraction of sp³-hybridized carbons (Fsp3) is 0.565. The minimum absolute atomic E-state index is 0.0241. The van der Waals surface area contributed by atoms with Crippen LogP contribution in [-0.4, -0.2) is 71.6 Å². The number of para-hydroxylation sites is 1. The Labute approximate surface area is 186 Å². The highest BCUT2D eigenvalue weighted by Crippen LogP contribution is 2.31. The average Bonchev–Trinajstić information content (AvgIpc) is 3.23. The maximum atomic E-state index is 12.5. The molecule has 0 bridgehead atoms. The minimum Gasteiger partial charge on any atom is -0.371 e. The smallest absolute Gasteiger partial charge is 0.230 e. The minimum atomic E-state index is -0.165. The van der Waals surface area contributed by atoms with Gasteiger partial charge in [0.25, 0.3) is 0 Å². The van der Waals surface area contributed by atoms with Crippen LogP contribution in [0.25, 0.3) is 10.9 Å². The van der Waals surface area contributed by atoms with Crippen molar-refractivity contribution in [2.24, 2.45) is 13.0 Å². The number of amides is 2. The number of likely N-dealkylation sites (tertiary alicyclic amines) is 1. The summed E-state index contributed by atoms with van der Waals surface area (Å²) < 4.78 is 14.1. The van der Waals surface area contributed by atoms with Crippen LogP contribution in [0.15, 0.2) is 35.4 Å². The Morgan fingerprint density at radius 1 is 1.13 bits per heavy atom. The first kappa shape index (κ1) is 20.8. The normalized spacial score (nSPS) is 24.6. The van der Waals surface area contributed by atoms with Crippen molar-refractivity contribution in [3.05, 3.63) is 30.5 Å². The molecule has 0 spiro atoms. The van der Waals surface area contributed by atoms with E-state index in [1.165, 1.54) is 0 Å². The van der Waals surface area contributed by atoms with Crippen LogP contribution in [0.3, 0.4) is 0 Å². The second-order valence-electron chi connectivity index (χ2n) is 8.79. The molecule has 8 heteroatoms. The van der Waals surface area contributed by atoms with Crippen molar-refractivity contribution in [3.63, 3.8) is 0 Å². The van der Waals surface area contributed by atoms with Crippen molar-refractivity contribution in [1.82, 2.24) is 14.8 Å². The second kappa shape index (κ2) is 8.84. The fourth-order valence-electron chi connectivity index (χ4n) is 4.60. The van der Waals surface area contributed by atoms with Crippen molar-refractivity contribution in [3.8, 4) is 0 Å². The van der Waals surface area contributed by atoms with Crippen LogP contribution in [-0.2, 0) is 26.1 Å². The zero-order chi connectivity index (χ0) is 21.4. The highest BCUT2D eigenvalue weighted by Gasteiger charge is 2.41. The molecule has 3 fully saturated rings. The van der Waals surface area contributed by atoms with Gasteiger partial charge in [-0.2, -0.15) is 0 Å². The van der Waals surface area contributed by atoms with Crippen molar-refractivity contribution in [1.29, 1.82) is 0 Å².